The highest BCUT2D eigenvalue weighted by Crippen LogP contribution is 2.40. The standard InChI is InChI=1S/C17H23ClN2O/c1-10(2)15-17(21)20(11(3)12-4-5-12)16(19-15)13-6-8-14(18)9-7-13/h6-12,15-16,19H,4-5H2,1-3H3. The third-order valence-electron chi connectivity index (χ3n) is 4.73. The van der Waals surface area contributed by atoms with Gasteiger partial charge in [0.1, 0.15) is 6.17 Å². The fraction of sp³-hybridized carbons (Fsp3) is 0.588. The van der Waals surface area contributed by atoms with E-state index < -0.39 is 0 Å². The van der Waals surface area contributed by atoms with Gasteiger partial charge in [0.25, 0.3) is 0 Å². The molecule has 4 heteroatoms. The minimum Gasteiger partial charge on any atom is -0.319 e. The number of amides is 1. The van der Waals surface area contributed by atoms with E-state index in [1.165, 1.54) is 12.8 Å². The quantitative estimate of drug-likeness (QED) is 0.922. The van der Waals surface area contributed by atoms with Gasteiger partial charge in [-0.05, 0) is 49.3 Å². The Morgan fingerprint density at radius 3 is 2.33 bits per heavy atom. The zero-order chi connectivity index (χ0) is 15.1. The molecule has 0 bridgehead atoms. The van der Waals surface area contributed by atoms with E-state index in [1.54, 1.807) is 0 Å². The maximum absolute atomic E-state index is 12.8. The van der Waals surface area contributed by atoms with Gasteiger partial charge in [0.2, 0.25) is 5.91 Å². The van der Waals surface area contributed by atoms with Crippen LogP contribution in [0.1, 0.15) is 45.3 Å². The normalized spacial score (nSPS) is 27.5. The van der Waals surface area contributed by atoms with Crippen LogP contribution in [0.25, 0.3) is 0 Å². The second-order valence-corrected chi connectivity index (χ2v) is 7.10. The first-order valence-corrected chi connectivity index (χ1v) is 8.20. The summed E-state index contributed by atoms with van der Waals surface area (Å²) in [6, 6.07) is 8.03. The van der Waals surface area contributed by atoms with Gasteiger partial charge in [-0.2, -0.15) is 0 Å². The fourth-order valence-corrected chi connectivity index (χ4v) is 3.36. The van der Waals surface area contributed by atoms with Crippen LogP contribution >= 0.6 is 11.6 Å². The lowest BCUT2D eigenvalue weighted by Crippen LogP contribution is -2.40. The minimum absolute atomic E-state index is 0.0298. The summed E-state index contributed by atoms with van der Waals surface area (Å²) >= 11 is 5.98. The second kappa shape index (κ2) is 5.62. The van der Waals surface area contributed by atoms with Crippen LogP contribution in [0.15, 0.2) is 24.3 Å². The van der Waals surface area contributed by atoms with Crippen molar-refractivity contribution in [1.29, 1.82) is 0 Å². The molecule has 1 N–H and O–H groups in total. The Hall–Kier alpha value is -1.06. The number of benzene rings is 1. The van der Waals surface area contributed by atoms with Gasteiger partial charge in [0.05, 0.1) is 6.04 Å². The summed E-state index contributed by atoms with van der Waals surface area (Å²) in [5, 5.41) is 4.25. The van der Waals surface area contributed by atoms with Gasteiger partial charge < -0.3 is 4.90 Å². The number of hydrogen-bond donors (Lipinski definition) is 1. The molecule has 1 aliphatic carbocycles. The largest absolute Gasteiger partial charge is 0.319 e. The van der Waals surface area contributed by atoms with Crippen molar-refractivity contribution in [1.82, 2.24) is 10.2 Å². The van der Waals surface area contributed by atoms with Crippen molar-refractivity contribution in [3.8, 4) is 0 Å². The lowest BCUT2D eigenvalue weighted by molar-refractivity contribution is -0.133. The molecule has 3 nitrogen and oxygen atoms in total. The zero-order valence-electron chi connectivity index (χ0n) is 12.8. The molecule has 3 atom stereocenters. The SMILES string of the molecule is CC(C)C1NC(c2ccc(Cl)cc2)N(C(C)C2CC2)C1=O. The van der Waals surface area contributed by atoms with E-state index in [4.69, 9.17) is 11.6 Å². The predicted octanol–water partition coefficient (Wildman–Crippen LogP) is 3.59. The molecule has 1 aromatic carbocycles. The molecule has 114 valence electrons. The van der Waals surface area contributed by atoms with Crippen LogP contribution in [-0.4, -0.2) is 22.9 Å². The Morgan fingerprint density at radius 2 is 1.81 bits per heavy atom. The molecule has 21 heavy (non-hydrogen) atoms. The topological polar surface area (TPSA) is 32.3 Å². The zero-order valence-corrected chi connectivity index (χ0v) is 13.6. The third-order valence-corrected chi connectivity index (χ3v) is 4.98. The molecule has 3 rings (SSSR count). The van der Waals surface area contributed by atoms with Gasteiger partial charge in [-0.25, -0.2) is 0 Å². The summed E-state index contributed by atoms with van der Waals surface area (Å²) in [5.74, 6) is 1.20. The smallest absolute Gasteiger partial charge is 0.241 e. The lowest BCUT2D eigenvalue weighted by atomic mass is 10.0. The minimum atomic E-state index is -0.0909. The molecule has 1 heterocycles. The van der Waals surface area contributed by atoms with Crippen molar-refractivity contribution in [2.45, 2.75) is 51.9 Å². The van der Waals surface area contributed by atoms with E-state index in [0.717, 1.165) is 10.6 Å². The lowest BCUT2D eigenvalue weighted by Gasteiger charge is -2.31. The molecule has 1 aliphatic heterocycles. The number of nitrogens with one attached hydrogen (secondary N) is 1. The molecule has 3 unspecified atom stereocenters. The van der Waals surface area contributed by atoms with Gasteiger partial charge in [-0.3, -0.25) is 10.1 Å². The Kier molecular flexibility index (Phi) is 3.98. The summed E-state index contributed by atoms with van der Waals surface area (Å²) < 4.78 is 0. The van der Waals surface area contributed by atoms with E-state index in [9.17, 15) is 4.79 Å². The monoisotopic (exact) mass is 306 g/mol. The van der Waals surface area contributed by atoms with Crippen molar-refractivity contribution >= 4 is 17.5 Å². The molecule has 2 fully saturated rings. The van der Waals surface area contributed by atoms with Crippen LogP contribution in [-0.2, 0) is 4.79 Å². The molecular formula is C17H23ClN2O. The van der Waals surface area contributed by atoms with Gasteiger partial charge >= 0.3 is 0 Å². The van der Waals surface area contributed by atoms with E-state index in [-0.39, 0.29) is 18.1 Å². The number of carbonyl (C=O) groups is 1. The van der Waals surface area contributed by atoms with E-state index in [0.29, 0.717) is 17.9 Å². The Balaban J connectivity index is 1.91. The Morgan fingerprint density at radius 1 is 1.19 bits per heavy atom. The van der Waals surface area contributed by atoms with Crippen LogP contribution < -0.4 is 5.32 Å². The molecule has 1 aromatic rings. The summed E-state index contributed by atoms with van der Waals surface area (Å²) in [5.41, 5.74) is 1.11. The first-order valence-electron chi connectivity index (χ1n) is 7.82. The van der Waals surface area contributed by atoms with Crippen molar-refractivity contribution in [3.05, 3.63) is 34.9 Å². The molecule has 1 saturated heterocycles. The molecule has 0 radical (unpaired) electrons. The highest BCUT2D eigenvalue weighted by molar-refractivity contribution is 6.30. The molecular weight excluding hydrogens is 284 g/mol. The fourth-order valence-electron chi connectivity index (χ4n) is 3.23. The third kappa shape index (κ3) is 2.82. The number of halogens is 1. The van der Waals surface area contributed by atoms with Crippen molar-refractivity contribution in [3.63, 3.8) is 0 Å². The van der Waals surface area contributed by atoms with Crippen LogP contribution in [0.5, 0.6) is 0 Å². The first-order chi connectivity index (χ1) is 9.99. The average Bonchev–Trinajstić information content (AvgIpc) is 3.22. The number of hydrogen-bond acceptors (Lipinski definition) is 2. The van der Waals surface area contributed by atoms with Gasteiger partial charge in [-0.15, -0.1) is 0 Å². The van der Waals surface area contributed by atoms with Crippen molar-refractivity contribution < 1.29 is 4.79 Å². The van der Waals surface area contributed by atoms with Gasteiger partial charge in [0.15, 0.2) is 0 Å². The number of carbonyl (C=O) groups excluding carboxylic acids is 1. The molecule has 0 aromatic heterocycles. The van der Waals surface area contributed by atoms with E-state index in [2.05, 4.69) is 31.0 Å². The Labute approximate surface area is 131 Å². The summed E-state index contributed by atoms with van der Waals surface area (Å²) in [6.07, 6.45) is 2.45. The maximum Gasteiger partial charge on any atom is 0.241 e. The number of nitrogens with zero attached hydrogens (tertiary/aromatic N) is 1. The molecule has 2 aliphatic rings. The van der Waals surface area contributed by atoms with Crippen molar-refractivity contribution in [2.75, 3.05) is 0 Å². The van der Waals surface area contributed by atoms with Crippen LogP contribution in [0.2, 0.25) is 5.02 Å². The van der Waals surface area contributed by atoms with Crippen molar-refractivity contribution in [2.24, 2.45) is 11.8 Å². The first kappa shape index (κ1) is 14.9. The average molecular weight is 307 g/mol. The summed E-state index contributed by atoms with van der Waals surface area (Å²) in [7, 11) is 0. The van der Waals surface area contributed by atoms with Crippen LogP contribution in [0.3, 0.4) is 0 Å². The van der Waals surface area contributed by atoms with Crippen LogP contribution in [0.4, 0.5) is 0 Å². The maximum atomic E-state index is 12.8. The van der Waals surface area contributed by atoms with E-state index >= 15 is 0 Å². The summed E-state index contributed by atoms with van der Waals surface area (Å²) in [6.45, 7) is 6.38. The Bertz CT molecular complexity index is 524. The summed E-state index contributed by atoms with van der Waals surface area (Å²) in [4.78, 5) is 14.9. The molecule has 0 spiro atoms. The van der Waals surface area contributed by atoms with E-state index in [1.807, 2.05) is 24.3 Å². The second-order valence-electron chi connectivity index (χ2n) is 6.67. The van der Waals surface area contributed by atoms with Crippen LogP contribution in [0, 0.1) is 11.8 Å². The molecule has 1 saturated carbocycles. The molecule has 1 amide bonds. The highest BCUT2D eigenvalue weighted by Gasteiger charge is 2.46. The number of rotatable bonds is 4. The van der Waals surface area contributed by atoms with Gasteiger partial charge in [0, 0.05) is 11.1 Å². The predicted molar refractivity (Wildman–Crippen MR) is 85.0 cm³/mol. The van der Waals surface area contributed by atoms with Gasteiger partial charge in [-0.1, -0.05) is 37.6 Å². The highest BCUT2D eigenvalue weighted by atomic mass is 35.5.